The summed E-state index contributed by atoms with van der Waals surface area (Å²) < 4.78 is 0. The van der Waals surface area contributed by atoms with E-state index < -0.39 is 11.9 Å². The van der Waals surface area contributed by atoms with Gasteiger partial charge in [0.2, 0.25) is 11.8 Å². The Morgan fingerprint density at radius 1 is 0.967 bits per heavy atom. The molecule has 30 heavy (non-hydrogen) atoms. The van der Waals surface area contributed by atoms with Crippen LogP contribution in [0, 0.1) is 18.8 Å². The summed E-state index contributed by atoms with van der Waals surface area (Å²) in [4.78, 5) is 50.7. The SMILES string of the molecule is Cc1ccc(C(=O)O)cc1NC(=O)c1cccc(N2C(=O)[C@H]3CC=CC[C@H]3C2=O)c1. The molecular weight excluding hydrogens is 384 g/mol. The maximum Gasteiger partial charge on any atom is 0.335 e. The van der Waals surface area contributed by atoms with E-state index in [1.54, 1.807) is 31.2 Å². The van der Waals surface area contributed by atoms with Gasteiger partial charge in [-0.2, -0.15) is 0 Å². The van der Waals surface area contributed by atoms with Crippen molar-refractivity contribution in [2.24, 2.45) is 11.8 Å². The number of carbonyl (C=O) groups is 4. The van der Waals surface area contributed by atoms with Gasteiger partial charge in [0.15, 0.2) is 0 Å². The molecule has 0 saturated carbocycles. The van der Waals surface area contributed by atoms with E-state index in [2.05, 4.69) is 5.32 Å². The van der Waals surface area contributed by atoms with Gasteiger partial charge < -0.3 is 10.4 Å². The number of carboxylic acid groups (broad SMARTS) is 1. The van der Waals surface area contributed by atoms with Crippen molar-refractivity contribution in [2.45, 2.75) is 19.8 Å². The third-order valence-electron chi connectivity index (χ3n) is 5.61. The van der Waals surface area contributed by atoms with Crippen molar-refractivity contribution in [3.8, 4) is 0 Å². The van der Waals surface area contributed by atoms with Gasteiger partial charge in [-0.05, 0) is 55.7 Å². The molecule has 0 unspecified atom stereocenters. The molecule has 4 rings (SSSR count). The molecule has 7 nitrogen and oxygen atoms in total. The Morgan fingerprint density at radius 3 is 2.27 bits per heavy atom. The van der Waals surface area contributed by atoms with Crippen molar-refractivity contribution in [1.29, 1.82) is 0 Å². The number of carbonyl (C=O) groups excluding carboxylic acids is 3. The number of aromatic carboxylic acids is 1. The Kier molecular flexibility index (Phi) is 4.95. The topological polar surface area (TPSA) is 104 Å². The second-order valence-electron chi connectivity index (χ2n) is 7.51. The summed E-state index contributed by atoms with van der Waals surface area (Å²) in [5.41, 5.74) is 1.79. The van der Waals surface area contributed by atoms with Crippen molar-refractivity contribution >= 4 is 35.1 Å². The molecule has 2 aromatic carbocycles. The largest absolute Gasteiger partial charge is 0.478 e. The predicted molar refractivity (Wildman–Crippen MR) is 110 cm³/mol. The summed E-state index contributed by atoms with van der Waals surface area (Å²) >= 11 is 0. The number of anilines is 2. The van der Waals surface area contributed by atoms with E-state index >= 15 is 0 Å². The lowest BCUT2D eigenvalue weighted by molar-refractivity contribution is -0.122. The molecule has 0 radical (unpaired) electrons. The lowest BCUT2D eigenvalue weighted by Gasteiger charge is -2.16. The minimum atomic E-state index is -1.09. The molecule has 2 N–H and O–H groups in total. The first kappa shape index (κ1) is 19.6. The minimum absolute atomic E-state index is 0.0640. The number of benzene rings is 2. The molecule has 3 amide bonds. The Bertz CT molecular complexity index is 1080. The third-order valence-corrected chi connectivity index (χ3v) is 5.61. The second kappa shape index (κ2) is 7.59. The fourth-order valence-electron chi connectivity index (χ4n) is 3.93. The quantitative estimate of drug-likeness (QED) is 0.600. The summed E-state index contributed by atoms with van der Waals surface area (Å²) in [6, 6.07) is 10.8. The molecule has 1 aliphatic carbocycles. The normalized spacial score (nSPS) is 20.2. The van der Waals surface area contributed by atoms with Gasteiger partial charge in [0.1, 0.15) is 0 Å². The van der Waals surface area contributed by atoms with Crippen LogP contribution in [0.3, 0.4) is 0 Å². The molecule has 2 aliphatic rings. The van der Waals surface area contributed by atoms with Crippen LogP contribution in [0.4, 0.5) is 11.4 Å². The molecule has 2 aromatic rings. The summed E-state index contributed by atoms with van der Waals surface area (Å²) in [6.07, 6.45) is 4.94. The van der Waals surface area contributed by atoms with E-state index in [0.29, 0.717) is 29.8 Å². The Balaban J connectivity index is 1.59. The lowest BCUT2D eigenvalue weighted by atomic mass is 9.85. The molecule has 7 heteroatoms. The zero-order valence-electron chi connectivity index (χ0n) is 16.3. The highest BCUT2D eigenvalue weighted by Gasteiger charge is 2.47. The number of hydrogen-bond acceptors (Lipinski definition) is 4. The smallest absolute Gasteiger partial charge is 0.335 e. The van der Waals surface area contributed by atoms with Crippen LogP contribution < -0.4 is 10.2 Å². The van der Waals surface area contributed by atoms with Gasteiger partial charge in [0.25, 0.3) is 5.91 Å². The number of carboxylic acids is 1. The number of nitrogens with one attached hydrogen (secondary N) is 1. The molecule has 0 aromatic heterocycles. The summed E-state index contributed by atoms with van der Waals surface area (Å²) in [7, 11) is 0. The van der Waals surface area contributed by atoms with Crippen LogP contribution in [0.5, 0.6) is 0 Å². The predicted octanol–water partition coefficient (Wildman–Crippen LogP) is 3.40. The van der Waals surface area contributed by atoms with E-state index in [4.69, 9.17) is 5.11 Å². The maximum absolute atomic E-state index is 12.8. The molecule has 1 heterocycles. The monoisotopic (exact) mass is 404 g/mol. The van der Waals surface area contributed by atoms with Crippen LogP contribution in [-0.2, 0) is 9.59 Å². The first-order valence-corrected chi connectivity index (χ1v) is 9.65. The molecule has 152 valence electrons. The van der Waals surface area contributed by atoms with Crippen LogP contribution in [0.25, 0.3) is 0 Å². The fourth-order valence-corrected chi connectivity index (χ4v) is 3.93. The highest BCUT2D eigenvalue weighted by molar-refractivity contribution is 6.22. The molecule has 1 aliphatic heterocycles. The van der Waals surface area contributed by atoms with E-state index in [0.717, 1.165) is 0 Å². The van der Waals surface area contributed by atoms with Gasteiger partial charge in [-0.25, -0.2) is 4.79 Å². The highest BCUT2D eigenvalue weighted by atomic mass is 16.4. The number of imide groups is 1. The lowest BCUT2D eigenvalue weighted by Crippen LogP contribution is -2.31. The summed E-state index contributed by atoms with van der Waals surface area (Å²) in [5.74, 6) is -2.72. The fraction of sp³-hybridized carbons (Fsp3) is 0.217. The third kappa shape index (κ3) is 3.39. The molecule has 0 spiro atoms. The van der Waals surface area contributed by atoms with Crippen molar-refractivity contribution < 1.29 is 24.3 Å². The Hall–Kier alpha value is -3.74. The van der Waals surface area contributed by atoms with Crippen molar-refractivity contribution in [3.05, 3.63) is 71.3 Å². The standard InChI is InChI=1S/C23H20N2O5/c1-13-9-10-15(23(29)30)12-19(13)24-20(26)14-5-4-6-16(11-14)25-21(27)17-7-2-3-8-18(17)22(25)28/h2-6,9-12,17-18H,7-8H2,1H3,(H,24,26)(H,29,30)/t17-,18+. The minimum Gasteiger partial charge on any atom is -0.478 e. The molecule has 1 saturated heterocycles. The van der Waals surface area contributed by atoms with Crippen molar-refractivity contribution in [2.75, 3.05) is 10.2 Å². The van der Waals surface area contributed by atoms with Crippen LogP contribution in [0.2, 0.25) is 0 Å². The molecule has 2 atom stereocenters. The van der Waals surface area contributed by atoms with Gasteiger partial charge >= 0.3 is 5.97 Å². The van der Waals surface area contributed by atoms with Gasteiger partial charge in [0, 0.05) is 11.3 Å². The van der Waals surface area contributed by atoms with E-state index in [1.807, 2.05) is 12.2 Å². The number of nitrogens with zero attached hydrogens (tertiary/aromatic N) is 1. The number of allylic oxidation sites excluding steroid dienone is 2. The number of aryl methyl sites for hydroxylation is 1. The average molecular weight is 404 g/mol. The molecule has 0 bridgehead atoms. The second-order valence-corrected chi connectivity index (χ2v) is 7.51. The summed E-state index contributed by atoms with van der Waals surface area (Å²) in [6.45, 7) is 1.76. The first-order chi connectivity index (χ1) is 14.4. The van der Waals surface area contributed by atoms with Crippen LogP contribution in [0.1, 0.15) is 39.1 Å². The average Bonchev–Trinajstić information content (AvgIpc) is 3.00. The van der Waals surface area contributed by atoms with Crippen LogP contribution in [-0.4, -0.2) is 28.8 Å². The van der Waals surface area contributed by atoms with E-state index in [-0.39, 0.29) is 34.8 Å². The zero-order chi connectivity index (χ0) is 21.4. The molecule has 1 fully saturated rings. The highest BCUT2D eigenvalue weighted by Crippen LogP contribution is 2.37. The van der Waals surface area contributed by atoms with Gasteiger partial charge in [-0.3, -0.25) is 19.3 Å². The van der Waals surface area contributed by atoms with E-state index in [9.17, 15) is 19.2 Å². The first-order valence-electron chi connectivity index (χ1n) is 9.65. The van der Waals surface area contributed by atoms with Gasteiger partial charge in [-0.15, -0.1) is 0 Å². The number of hydrogen-bond donors (Lipinski definition) is 2. The number of fused-ring (bicyclic) bond motifs is 1. The zero-order valence-corrected chi connectivity index (χ0v) is 16.3. The molecular formula is C23H20N2O5. The number of amides is 3. The Morgan fingerprint density at radius 2 is 1.63 bits per heavy atom. The van der Waals surface area contributed by atoms with Crippen LogP contribution >= 0.6 is 0 Å². The van der Waals surface area contributed by atoms with Gasteiger partial charge in [-0.1, -0.05) is 24.3 Å². The Labute approximate surface area is 173 Å². The maximum atomic E-state index is 12.8. The van der Waals surface area contributed by atoms with Crippen molar-refractivity contribution in [3.63, 3.8) is 0 Å². The summed E-state index contributed by atoms with van der Waals surface area (Å²) in [5, 5.41) is 11.9. The number of rotatable bonds is 4. The van der Waals surface area contributed by atoms with Crippen molar-refractivity contribution in [1.82, 2.24) is 0 Å². The van der Waals surface area contributed by atoms with Gasteiger partial charge in [0.05, 0.1) is 23.1 Å². The van der Waals surface area contributed by atoms with E-state index in [1.165, 1.54) is 23.1 Å². The van der Waals surface area contributed by atoms with Crippen LogP contribution in [0.15, 0.2) is 54.6 Å².